The second-order valence-electron chi connectivity index (χ2n) is 5.77. The predicted molar refractivity (Wildman–Crippen MR) is 89.8 cm³/mol. The van der Waals surface area contributed by atoms with Crippen molar-refractivity contribution < 1.29 is 18.7 Å². The van der Waals surface area contributed by atoms with Crippen LogP contribution >= 0.6 is 0 Å². The highest BCUT2D eigenvalue weighted by atomic mass is 19.1. The fourth-order valence-electron chi connectivity index (χ4n) is 2.47. The van der Waals surface area contributed by atoms with Crippen molar-refractivity contribution in [2.45, 2.75) is 19.0 Å². The molecule has 3 rings (SSSR count). The number of pyridine rings is 1. The van der Waals surface area contributed by atoms with Crippen molar-refractivity contribution in [3.05, 3.63) is 54.0 Å². The van der Waals surface area contributed by atoms with Crippen LogP contribution in [0.4, 0.5) is 4.39 Å². The number of nitrogens with zero attached hydrogens (tertiary/aromatic N) is 1. The van der Waals surface area contributed by atoms with E-state index in [1.165, 1.54) is 12.1 Å². The summed E-state index contributed by atoms with van der Waals surface area (Å²) < 4.78 is 23.9. The number of amides is 1. The van der Waals surface area contributed by atoms with Crippen LogP contribution in [-0.4, -0.2) is 36.7 Å². The van der Waals surface area contributed by atoms with Crippen LogP contribution in [0.1, 0.15) is 12.0 Å². The molecule has 132 valence electrons. The molecule has 6 nitrogen and oxygen atoms in total. The summed E-state index contributed by atoms with van der Waals surface area (Å²) in [5.74, 6) is 0.345. The molecule has 0 aliphatic carbocycles. The number of hydrogen-bond donors (Lipinski definition) is 2. The molecule has 0 bridgehead atoms. The van der Waals surface area contributed by atoms with Gasteiger partial charge in [0, 0.05) is 43.9 Å². The zero-order valence-electron chi connectivity index (χ0n) is 13.7. The van der Waals surface area contributed by atoms with Crippen molar-refractivity contribution in [1.82, 2.24) is 15.6 Å². The van der Waals surface area contributed by atoms with E-state index in [4.69, 9.17) is 9.47 Å². The summed E-state index contributed by atoms with van der Waals surface area (Å²) in [6.07, 6.45) is 2.01. The van der Waals surface area contributed by atoms with Gasteiger partial charge in [0.25, 0.3) is 0 Å². The van der Waals surface area contributed by atoms with Crippen LogP contribution in [0, 0.1) is 5.82 Å². The molecule has 25 heavy (non-hydrogen) atoms. The molecule has 2 aromatic rings. The highest BCUT2D eigenvalue weighted by molar-refractivity contribution is 5.76. The number of carbonyl (C=O) groups is 1. The molecule has 7 heteroatoms. The Morgan fingerprint density at radius 1 is 1.40 bits per heavy atom. The minimum absolute atomic E-state index is 0.0388. The zero-order chi connectivity index (χ0) is 17.5. The maximum Gasteiger partial charge on any atom is 0.221 e. The van der Waals surface area contributed by atoms with Crippen LogP contribution < -0.4 is 15.4 Å². The second-order valence-corrected chi connectivity index (χ2v) is 5.77. The number of benzene rings is 1. The zero-order valence-corrected chi connectivity index (χ0v) is 13.7. The van der Waals surface area contributed by atoms with E-state index >= 15 is 0 Å². The summed E-state index contributed by atoms with van der Waals surface area (Å²) >= 11 is 0. The molecule has 1 unspecified atom stereocenters. The average Bonchev–Trinajstić information content (AvgIpc) is 2.62. The van der Waals surface area contributed by atoms with Crippen molar-refractivity contribution in [2.75, 3.05) is 19.8 Å². The van der Waals surface area contributed by atoms with Crippen molar-refractivity contribution in [3.8, 4) is 11.6 Å². The fraction of sp³-hybridized carbons (Fsp3) is 0.333. The van der Waals surface area contributed by atoms with Gasteiger partial charge in [-0.15, -0.1) is 0 Å². The van der Waals surface area contributed by atoms with Gasteiger partial charge >= 0.3 is 0 Å². The quantitative estimate of drug-likeness (QED) is 0.838. The number of hydrogen-bond acceptors (Lipinski definition) is 5. The van der Waals surface area contributed by atoms with Crippen LogP contribution in [0.2, 0.25) is 0 Å². The first kappa shape index (κ1) is 17.3. The van der Waals surface area contributed by atoms with Gasteiger partial charge in [0.05, 0.1) is 13.2 Å². The van der Waals surface area contributed by atoms with Crippen molar-refractivity contribution >= 4 is 5.91 Å². The number of aromatic nitrogens is 1. The monoisotopic (exact) mass is 345 g/mol. The molecular weight excluding hydrogens is 325 g/mol. The number of rotatable bonds is 6. The Bertz CT molecular complexity index is 703. The number of nitrogens with one attached hydrogen (secondary N) is 2. The SMILES string of the molecule is O=C(CC1COCCN1)NCc1ccc(Oc2cccc(F)c2)nc1. The molecule has 0 radical (unpaired) electrons. The van der Waals surface area contributed by atoms with Gasteiger partial charge in [-0.1, -0.05) is 12.1 Å². The van der Waals surface area contributed by atoms with E-state index in [1.54, 1.807) is 24.4 Å². The van der Waals surface area contributed by atoms with Gasteiger partial charge in [-0.3, -0.25) is 4.79 Å². The van der Waals surface area contributed by atoms with Crippen LogP contribution in [0.25, 0.3) is 0 Å². The molecule has 0 spiro atoms. The Labute approximate surface area is 145 Å². The Balaban J connectivity index is 1.46. The summed E-state index contributed by atoms with van der Waals surface area (Å²) in [5, 5.41) is 6.10. The first-order chi connectivity index (χ1) is 12.2. The second kappa shape index (κ2) is 8.55. The summed E-state index contributed by atoms with van der Waals surface area (Å²) in [4.78, 5) is 16.1. The van der Waals surface area contributed by atoms with Crippen LogP contribution in [-0.2, 0) is 16.1 Å². The minimum Gasteiger partial charge on any atom is -0.439 e. The topological polar surface area (TPSA) is 72.5 Å². The normalized spacial score (nSPS) is 17.1. The largest absolute Gasteiger partial charge is 0.439 e. The van der Waals surface area contributed by atoms with Crippen molar-refractivity contribution in [2.24, 2.45) is 0 Å². The molecule has 1 aliphatic rings. The third-order valence-electron chi connectivity index (χ3n) is 3.74. The van der Waals surface area contributed by atoms with Crippen LogP contribution in [0.3, 0.4) is 0 Å². The molecule has 1 amide bonds. The van der Waals surface area contributed by atoms with E-state index in [2.05, 4.69) is 15.6 Å². The molecule has 1 aliphatic heterocycles. The lowest BCUT2D eigenvalue weighted by Gasteiger charge is -2.23. The van der Waals surface area contributed by atoms with E-state index in [0.717, 1.165) is 12.1 Å². The third-order valence-corrected chi connectivity index (χ3v) is 3.74. The van der Waals surface area contributed by atoms with Crippen LogP contribution in [0.15, 0.2) is 42.6 Å². The summed E-state index contributed by atoms with van der Waals surface area (Å²) in [5.41, 5.74) is 0.854. The van der Waals surface area contributed by atoms with Gasteiger partial charge < -0.3 is 20.1 Å². The predicted octanol–water partition coefficient (Wildman–Crippen LogP) is 2.01. The molecule has 1 aromatic carbocycles. The van der Waals surface area contributed by atoms with E-state index in [9.17, 15) is 9.18 Å². The average molecular weight is 345 g/mol. The molecule has 0 saturated carbocycles. The lowest BCUT2D eigenvalue weighted by Crippen LogP contribution is -2.44. The third kappa shape index (κ3) is 5.51. The van der Waals surface area contributed by atoms with Crippen molar-refractivity contribution in [1.29, 1.82) is 0 Å². The maximum atomic E-state index is 13.1. The van der Waals surface area contributed by atoms with E-state index in [0.29, 0.717) is 37.8 Å². The number of morpholine rings is 1. The van der Waals surface area contributed by atoms with Gasteiger partial charge in [0.1, 0.15) is 11.6 Å². The summed E-state index contributed by atoms with van der Waals surface area (Å²) in [6.45, 7) is 2.41. The summed E-state index contributed by atoms with van der Waals surface area (Å²) in [7, 11) is 0. The lowest BCUT2D eigenvalue weighted by molar-refractivity contribution is -0.122. The number of ether oxygens (including phenoxy) is 2. The van der Waals surface area contributed by atoms with E-state index in [1.807, 2.05) is 6.07 Å². The standard InChI is InChI=1S/C18H20FN3O3/c19-14-2-1-3-16(8-14)25-18-5-4-13(11-22-18)10-21-17(23)9-15-12-24-7-6-20-15/h1-5,8,11,15,20H,6-7,9-10,12H2,(H,21,23). The molecule has 1 fully saturated rings. The Kier molecular flexibility index (Phi) is 5.92. The molecule has 2 heterocycles. The van der Waals surface area contributed by atoms with Crippen molar-refractivity contribution in [3.63, 3.8) is 0 Å². The number of halogens is 1. The molecular formula is C18H20FN3O3. The van der Waals surface area contributed by atoms with Gasteiger partial charge in [-0.05, 0) is 17.7 Å². The smallest absolute Gasteiger partial charge is 0.221 e. The minimum atomic E-state index is -0.366. The summed E-state index contributed by atoms with van der Waals surface area (Å²) in [6, 6.07) is 9.42. The van der Waals surface area contributed by atoms with E-state index in [-0.39, 0.29) is 17.8 Å². The van der Waals surface area contributed by atoms with Gasteiger partial charge in [-0.25, -0.2) is 9.37 Å². The highest BCUT2D eigenvalue weighted by Gasteiger charge is 2.16. The van der Waals surface area contributed by atoms with Gasteiger partial charge in [0.2, 0.25) is 11.8 Å². The van der Waals surface area contributed by atoms with E-state index < -0.39 is 0 Å². The lowest BCUT2D eigenvalue weighted by atomic mass is 10.2. The molecule has 1 saturated heterocycles. The first-order valence-corrected chi connectivity index (χ1v) is 8.15. The van der Waals surface area contributed by atoms with Crippen LogP contribution in [0.5, 0.6) is 11.6 Å². The fourth-order valence-corrected chi connectivity index (χ4v) is 2.47. The number of carbonyl (C=O) groups excluding carboxylic acids is 1. The molecule has 1 aromatic heterocycles. The molecule has 1 atom stereocenters. The first-order valence-electron chi connectivity index (χ1n) is 8.15. The Hall–Kier alpha value is -2.51. The highest BCUT2D eigenvalue weighted by Crippen LogP contribution is 2.19. The maximum absolute atomic E-state index is 13.1. The molecule has 2 N–H and O–H groups in total. The van der Waals surface area contributed by atoms with Gasteiger partial charge in [0.15, 0.2) is 0 Å². The van der Waals surface area contributed by atoms with Gasteiger partial charge in [-0.2, -0.15) is 0 Å². The Morgan fingerprint density at radius 3 is 3.04 bits per heavy atom. The Morgan fingerprint density at radius 2 is 2.32 bits per heavy atom.